The largest absolute Gasteiger partial charge is 0.484 e. The zero-order valence-corrected chi connectivity index (χ0v) is 13.8. The zero-order valence-electron chi connectivity index (χ0n) is 13.8. The number of benzene rings is 2. The van der Waals surface area contributed by atoms with Crippen LogP contribution in [0.4, 0.5) is 5.69 Å². The molecule has 3 nitrogen and oxygen atoms in total. The first-order chi connectivity index (χ1) is 11.1. The molecule has 1 aliphatic carbocycles. The number of nitrogens with zero attached hydrogens (tertiary/aromatic N) is 1. The molecule has 0 radical (unpaired) electrons. The van der Waals surface area contributed by atoms with Crippen LogP contribution in [0.5, 0.6) is 5.75 Å². The summed E-state index contributed by atoms with van der Waals surface area (Å²) in [7, 11) is 0. The summed E-state index contributed by atoms with van der Waals surface area (Å²) < 4.78 is 5.75. The van der Waals surface area contributed by atoms with E-state index in [-0.39, 0.29) is 18.6 Å². The maximum Gasteiger partial charge on any atom is 0.265 e. The minimum Gasteiger partial charge on any atom is -0.484 e. The maximum atomic E-state index is 12.6. The van der Waals surface area contributed by atoms with Crippen LogP contribution in [-0.4, -0.2) is 18.6 Å². The van der Waals surface area contributed by atoms with Crippen LogP contribution in [0.3, 0.4) is 0 Å². The molecule has 0 fully saturated rings. The normalized spacial score (nSPS) is 13.0. The van der Waals surface area contributed by atoms with Crippen LogP contribution < -0.4 is 9.64 Å². The third-order valence-corrected chi connectivity index (χ3v) is 4.25. The Bertz CT molecular complexity index is 679. The van der Waals surface area contributed by atoms with E-state index in [0.29, 0.717) is 0 Å². The Morgan fingerprint density at radius 1 is 1.09 bits per heavy atom. The summed E-state index contributed by atoms with van der Waals surface area (Å²) in [4.78, 5) is 14.4. The van der Waals surface area contributed by atoms with E-state index in [9.17, 15) is 4.79 Å². The van der Waals surface area contributed by atoms with Crippen LogP contribution in [0.2, 0.25) is 0 Å². The van der Waals surface area contributed by atoms with Crippen molar-refractivity contribution in [3.05, 3.63) is 59.7 Å². The number of hydrogen-bond acceptors (Lipinski definition) is 2. The van der Waals surface area contributed by atoms with Gasteiger partial charge in [-0.15, -0.1) is 0 Å². The summed E-state index contributed by atoms with van der Waals surface area (Å²) in [6.45, 7) is 4.09. The second kappa shape index (κ2) is 6.86. The summed E-state index contributed by atoms with van der Waals surface area (Å²) in [5.41, 5.74) is 3.68. The highest BCUT2D eigenvalue weighted by molar-refractivity contribution is 5.94. The topological polar surface area (TPSA) is 29.5 Å². The predicted octanol–water partition coefficient (Wildman–Crippen LogP) is 4.00. The molecule has 0 atom stereocenters. The third-order valence-electron chi connectivity index (χ3n) is 4.25. The van der Waals surface area contributed by atoms with E-state index in [4.69, 9.17) is 4.74 Å². The molecule has 0 aliphatic heterocycles. The number of carbonyl (C=O) groups is 1. The second-order valence-electron chi connectivity index (χ2n) is 6.27. The highest BCUT2D eigenvalue weighted by Gasteiger charge is 2.19. The first-order valence-corrected chi connectivity index (χ1v) is 8.27. The molecule has 2 aromatic carbocycles. The summed E-state index contributed by atoms with van der Waals surface area (Å²) in [6.07, 6.45) is 3.49. The van der Waals surface area contributed by atoms with Gasteiger partial charge >= 0.3 is 0 Å². The fourth-order valence-corrected chi connectivity index (χ4v) is 3.17. The maximum absolute atomic E-state index is 12.6. The lowest BCUT2D eigenvalue weighted by Crippen LogP contribution is -2.40. The summed E-state index contributed by atoms with van der Waals surface area (Å²) in [6, 6.07) is 16.0. The number of ether oxygens (including phenoxy) is 1. The van der Waals surface area contributed by atoms with Gasteiger partial charge in [0.05, 0.1) is 0 Å². The molecule has 0 saturated heterocycles. The van der Waals surface area contributed by atoms with E-state index in [1.165, 1.54) is 17.5 Å². The molecule has 3 rings (SSSR count). The fraction of sp³-hybridized carbons (Fsp3) is 0.350. The van der Waals surface area contributed by atoms with Gasteiger partial charge in [0.1, 0.15) is 5.75 Å². The van der Waals surface area contributed by atoms with Crippen molar-refractivity contribution in [1.29, 1.82) is 0 Å². The van der Waals surface area contributed by atoms with E-state index >= 15 is 0 Å². The molecule has 0 heterocycles. The molecule has 3 heteroatoms. The van der Waals surface area contributed by atoms with E-state index in [0.717, 1.165) is 24.3 Å². The van der Waals surface area contributed by atoms with Crippen molar-refractivity contribution >= 4 is 11.6 Å². The van der Waals surface area contributed by atoms with Crippen LogP contribution in [0.15, 0.2) is 48.5 Å². The van der Waals surface area contributed by atoms with Crippen molar-refractivity contribution in [1.82, 2.24) is 0 Å². The fourth-order valence-electron chi connectivity index (χ4n) is 3.17. The van der Waals surface area contributed by atoms with Crippen LogP contribution in [0.25, 0.3) is 0 Å². The second-order valence-corrected chi connectivity index (χ2v) is 6.27. The molecule has 120 valence electrons. The average molecular weight is 309 g/mol. The molecule has 0 aromatic heterocycles. The number of aryl methyl sites for hydroxylation is 2. The van der Waals surface area contributed by atoms with Gasteiger partial charge in [0.15, 0.2) is 6.61 Å². The summed E-state index contributed by atoms with van der Waals surface area (Å²) in [5.74, 6) is 0.766. The number of fused-ring (bicyclic) bond motifs is 1. The highest BCUT2D eigenvalue weighted by Crippen LogP contribution is 2.26. The number of hydrogen-bond donors (Lipinski definition) is 0. The Kier molecular flexibility index (Phi) is 4.65. The van der Waals surface area contributed by atoms with Gasteiger partial charge in [-0.3, -0.25) is 4.79 Å². The van der Waals surface area contributed by atoms with Crippen molar-refractivity contribution in [3.63, 3.8) is 0 Å². The monoisotopic (exact) mass is 309 g/mol. The van der Waals surface area contributed by atoms with Crippen LogP contribution >= 0.6 is 0 Å². The van der Waals surface area contributed by atoms with Crippen LogP contribution in [0, 0.1) is 0 Å². The summed E-state index contributed by atoms with van der Waals surface area (Å²) in [5, 5.41) is 0. The Morgan fingerprint density at radius 3 is 2.57 bits per heavy atom. The van der Waals surface area contributed by atoms with Crippen molar-refractivity contribution in [2.45, 2.75) is 39.2 Å². The van der Waals surface area contributed by atoms with Crippen molar-refractivity contribution < 1.29 is 9.53 Å². The quantitative estimate of drug-likeness (QED) is 0.835. The van der Waals surface area contributed by atoms with E-state index < -0.39 is 0 Å². The van der Waals surface area contributed by atoms with Gasteiger partial charge in [0.25, 0.3) is 5.91 Å². The zero-order chi connectivity index (χ0) is 16.2. The van der Waals surface area contributed by atoms with Gasteiger partial charge in [0.2, 0.25) is 0 Å². The van der Waals surface area contributed by atoms with Crippen molar-refractivity contribution in [2.24, 2.45) is 0 Å². The molecule has 1 amide bonds. The van der Waals surface area contributed by atoms with Gasteiger partial charge in [0, 0.05) is 11.7 Å². The Hall–Kier alpha value is -2.29. The first-order valence-electron chi connectivity index (χ1n) is 8.27. The van der Waals surface area contributed by atoms with Crippen molar-refractivity contribution in [2.75, 3.05) is 11.5 Å². The molecular formula is C20H23NO2. The smallest absolute Gasteiger partial charge is 0.265 e. The lowest BCUT2D eigenvalue weighted by atomic mass is 10.1. The predicted molar refractivity (Wildman–Crippen MR) is 93.0 cm³/mol. The first kappa shape index (κ1) is 15.6. The number of carbonyl (C=O) groups excluding carboxylic acids is 1. The average Bonchev–Trinajstić information content (AvgIpc) is 3.01. The molecule has 0 spiro atoms. The van der Waals surface area contributed by atoms with Gasteiger partial charge < -0.3 is 9.64 Å². The van der Waals surface area contributed by atoms with E-state index in [1.807, 2.05) is 50.2 Å². The Morgan fingerprint density at radius 2 is 1.83 bits per heavy atom. The SMILES string of the molecule is CC(C)N(C(=O)COc1ccc2c(c1)CCC2)c1ccccc1. The van der Waals surface area contributed by atoms with Gasteiger partial charge in [-0.25, -0.2) is 0 Å². The number of para-hydroxylation sites is 1. The standard InChI is InChI=1S/C20H23NO2/c1-15(2)21(18-9-4-3-5-10-18)20(22)14-23-19-12-11-16-7-6-8-17(16)13-19/h3-5,9-13,15H,6-8,14H2,1-2H3. The van der Waals surface area contributed by atoms with Crippen LogP contribution in [-0.2, 0) is 17.6 Å². The highest BCUT2D eigenvalue weighted by atomic mass is 16.5. The Balaban J connectivity index is 1.68. The third kappa shape index (κ3) is 3.55. The van der Waals surface area contributed by atoms with Gasteiger partial charge in [-0.05, 0) is 68.5 Å². The lowest BCUT2D eigenvalue weighted by Gasteiger charge is -2.26. The summed E-state index contributed by atoms with van der Waals surface area (Å²) >= 11 is 0. The lowest BCUT2D eigenvalue weighted by molar-refractivity contribution is -0.120. The van der Waals surface area contributed by atoms with Gasteiger partial charge in [-0.1, -0.05) is 24.3 Å². The molecule has 0 N–H and O–H groups in total. The number of rotatable bonds is 5. The van der Waals surface area contributed by atoms with Gasteiger partial charge in [-0.2, -0.15) is 0 Å². The molecule has 0 bridgehead atoms. The minimum absolute atomic E-state index is 0.0216. The minimum atomic E-state index is -0.0216. The molecular weight excluding hydrogens is 286 g/mol. The molecule has 1 aliphatic rings. The van der Waals surface area contributed by atoms with E-state index in [1.54, 1.807) is 4.90 Å². The molecule has 0 unspecified atom stereocenters. The van der Waals surface area contributed by atoms with Crippen LogP contribution in [0.1, 0.15) is 31.4 Å². The molecule has 23 heavy (non-hydrogen) atoms. The molecule has 0 saturated carbocycles. The van der Waals surface area contributed by atoms with E-state index in [2.05, 4.69) is 12.1 Å². The Labute approximate surface area is 137 Å². The number of anilines is 1. The number of amides is 1. The molecule has 2 aromatic rings. The van der Waals surface area contributed by atoms with Crippen molar-refractivity contribution in [3.8, 4) is 5.75 Å².